The van der Waals surface area contributed by atoms with Crippen molar-refractivity contribution in [1.82, 2.24) is 9.78 Å². The number of ketones is 1. The number of Topliss-reactive ketones (excluding diaryl/α,β-unsaturated/α-hetero) is 1. The fraction of sp³-hybridized carbons (Fsp3) is 0.130. The summed E-state index contributed by atoms with van der Waals surface area (Å²) in [7, 11) is 0. The van der Waals surface area contributed by atoms with E-state index in [0.29, 0.717) is 33.1 Å². The van der Waals surface area contributed by atoms with Gasteiger partial charge in [0, 0.05) is 15.5 Å². The molecule has 8 heteroatoms. The number of benzene rings is 3. The Labute approximate surface area is 199 Å². The average molecular weight is 492 g/mol. The van der Waals surface area contributed by atoms with E-state index in [1.165, 1.54) is 0 Å². The van der Waals surface area contributed by atoms with Crippen molar-refractivity contribution < 1.29 is 9.53 Å². The van der Waals surface area contributed by atoms with Gasteiger partial charge in [0.15, 0.2) is 12.4 Å². The van der Waals surface area contributed by atoms with Gasteiger partial charge in [-0.15, -0.1) is 16.9 Å². The van der Waals surface area contributed by atoms with Crippen molar-refractivity contribution in [2.75, 3.05) is 12.9 Å². The van der Waals surface area contributed by atoms with Crippen LogP contribution in [0, 0.1) is 0 Å². The predicted molar refractivity (Wildman–Crippen MR) is 128 cm³/mol. The molecule has 4 nitrogen and oxygen atoms in total. The van der Waals surface area contributed by atoms with Gasteiger partial charge in [0.05, 0.1) is 27.5 Å². The normalized spacial score (nSPS) is 11.1. The molecule has 0 amide bonds. The molecule has 0 radical (unpaired) electrons. The van der Waals surface area contributed by atoms with Crippen LogP contribution in [0.2, 0.25) is 15.1 Å². The van der Waals surface area contributed by atoms with Gasteiger partial charge in [-0.2, -0.15) is 0 Å². The number of halogens is 3. The van der Waals surface area contributed by atoms with Crippen molar-refractivity contribution in [3.63, 3.8) is 0 Å². The highest BCUT2D eigenvalue weighted by Gasteiger charge is 2.15. The summed E-state index contributed by atoms with van der Waals surface area (Å²) >= 11 is 19.7. The Bertz CT molecular complexity index is 1260. The van der Waals surface area contributed by atoms with E-state index in [9.17, 15) is 4.79 Å². The van der Waals surface area contributed by atoms with Gasteiger partial charge < -0.3 is 4.74 Å². The third kappa shape index (κ3) is 5.01. The summed E-state index contributed by atoms with van der Waals surface area (Å²) in [5, 5.41) is 7.04. The Morgan fingerprint density at radius 3 is 2.48 bits per heavy atom. The lowest BCUT2D eigenvalue weighted by molar-refractivity contribution is 0.0918. The minimum atomic E-state index is -0.148. The number of carbonyl (C=O) groups excluding carboxylic acids is 1. The molecule has 4 rings (SSSR count). The number of aromatic nitrogens is 2. The van der Waals surface area contributed by atoms with Crippen molar-refractivity contribution in [3.05, 3.63) is 86.9 Å². The summed E-state index contributed by atoms with van der Waals surface area (Å²) in [5.41, 5.74) is 2.39. The number of fused-ring (bicyclic) bond motifs is 1. The highest BCUT2D eigenvalue weighted by molar-refractivity contribution is 7.98. The average Bonchev–Trinajstić information content (AvgIpc) is 3.11. The zero-order valence-corrected chi connectivity index (χ0v) is 19.5. The van der Waals surface area contributed by atoms with Gasteiger partial charge in [-0.25, -0.2) is 0 Å². The van der Waals surface area contributed by atoms with Crippen LogP contribution in [0.25, 0.3) is 10.9 Å². The Morgan fingerprint density at radius 2 is 1.77 bits per heavy atom. The van der Waals surface area contributed by atoms with Crippen molar-refractivity contribution in [3.8, 4) is 5.88 Å². The highest BCUT2D eigenvalue weighted by Crippen LogP contribution is 2.30. The molecule has 1 aromatic heterocycles. The molecule has 0 aliphatic rings. The Morgan fingerprint density at radius 1 is 1.00 bits per heavy atom. The third-order valence-corrected chi connectivity index (χ3v) is 6.46. The van der Waals surface area contributed by atoms with E-state index in [1.807, 2.05) is 41.3 Å². The lowest BCUT2D eigenvalue weighted by Gasteiger charge is -2.05. The van der Waals surface area contributed by atoms with E-state index >= 15 is 0 Å². The van der Waals surface area contributed by atoms with E-state index < -0.39 is 0 Å². The van der Waals surface area contributed by atoms with Gasteiger partial charge >= 0.3 is 0 Å². The van der Waals surface area contributed by atoms with Crippen LogP contribution in [0.3, 0.4) is 0 Å². The number of rotatable bonds is 7. The molecule has 0 fully saturated rings. The van der Waals surface area contributed by atoms with Crippen LogP contribution in [0.4, 0.5) is 0 Å². The van der Waals surface area contributed by atoms with E-state index in [1.54, 1.807) is 42.1 Å². The van der Waals surface area contributed by atoms with Gasteiger partial charge in [-0.3, -0.25) is 9.48 Å². The molecule has 31 heavy (non-hydrogen) atoms. The smallest absolute Gasteiger partial charge is 0.241 e. The minimum absolute atomic E-state index is 0.121. The maximum absolute atomic E-state index is 12.5. The molecule has 1 heterocycles. The summed E-state index contributed by atoms with van der Waals surface area (Å²) in [4.78, 5) is 13.6. The number of hydrogen-bond donors (Lipinski definition) is 0. The summed E-state index contributed by atoms with van der Waals surface area (Å²) in [6.07, 6.45) is 2.01. The Balaban J connectivity index is 1.63. The summed E-state index contributed by atoms with van der Waals surface area (Å²) in [5.74, 6) is 0.262. The lowest BCUT2D eigenvalue weighted by atomic mass is 10.1. The molecule has 0 saturated carbocycles. The molecule has 3 aromatic carbocycles. The summed E-state index contributed by atoms with van der Waals surface area (Å²) in [6.45, 7) is 0.366. The van der Waals surface area contributed by atoms with Crippen molar-refractivity contribution in [1.29, 1.82) is 0 Å². The molecule has 0 saturated heterocycles. The second-order valence-corrected chi connectivity index (χ2v) is 8.94. The molecule has 0 spiro atoms. The number of thioether (sulfide) groups is 1. The largest absolute Gasteiger partial charge is 0.468 e. The molecular formula is C23H17Cl3N2O2S. The first kappa shape index (κ1) is 22.0. The van der Waals surface area contributed by atoms with Crippen LogP contribution in [0.15, 0.2) is 65.6 Å². The first-order valence-electron chi connectivity index (χ1n) is 9.34. The van der Waals surface area contributed by atoms with Gasteiger partial charge in [-0.1, -0.05) is 40.9 Å². The van der Waals surface area contributed by atoms with Gasteiger partial charge in [0.1, 0.15) is 0 Å². The first-order valence-corrected chi connectivity index (χ1v) is 11.7. The predicted octanol–water partition coefficient (Wildman–Crippen LogP) is 7.03. The summed E-state index contributed by atoms with van der Waals surface area (Å²) in [6, 6.07) is 18.3. The van der Waals surface area contributed by atoms with Gasteiger partial charge in [-0.05, 0) is 66.4 Å². The first-order chi connectivity index (χ1) is 14.9. The maximum Gasteiger partial charge on any atom is 0.241 e. The molecule has 0 bridgehead atoms. The topological polar surface area (TPSA) is 44.1 Å². The van der Waals surface area contributed by atoms with Crippen molar-refractivity contribution in [2.24, 2.45) is 0 Å². The van der Waals surface area contributed by atoms with Gasteiger partial charge in [0.2, 0.25) is 5.88 Å². The maximum atomic E-state index is 12.5. The molecule has 158 valence electrons. The van der Waals surface area contributed by atoms with Crippen LogP contribution >= 0.6 is 46.6 Å². The van der Waals surface area contributed by atoms with Crippen molar-refractivity contribution in [2.45, 2.75) is 11.4 Å². The highest BCUT2D eigenvalue weighted by atomic mass is 35.5. The molecule has 0 aliphatic carbocycles. The van der Waals surface area contributed by atoms with Crippen molar-refractivity contribution >= 4 is 63.3 Å². The zero-order chi connectivity index (χ0) is 22.0. The van der Waals surface area contributed by atoms with E-state index in [2.05, 4.69) is 5.10 Å². The van der Waals surface area contributed by atoms with Crippen LogP contribution in [0.1, 0.15) is 15.9 Å². The summed E-state index contributed by atoms with van der Waals surface area (Å²) < 4.78 is 7.69. The van der Waals surface area contributed by atoms with Crippen LogP contribution in [-0.4, -0.2) is 28.4 Å². The van der Waals surface area contributed by atoms with Gasteiger partial charge in [0.25, 0.3) is 0 Å². The van der Waals surface area contributed by atoms with E-state index in [-0.39, 0.29) is 12.4 Å². The molecular weight excluding hydrogens is 475 g/mol. The monoisotopic (exact) mass is 490 g/mol. The number of ether oxygens (including phenoxy) is 1. The lowest BCUT2D eigenvalue weighted by Crippen LogP contribution is -2.12. The van der Waals surface area contributed by atoms with Crippen LogP contribution in [-0.2, 0) is 6.54 Å². The van der Waals surface area contributed by atoms with Crippen LogP contribution in [0.5, 0.6) is 5.88 Å². The molecule has 0 aliphatic heterocycles. The second kappa shape index (κ2) is 9.53. The number of hydrogen-bond acceptors (Lipinski definition) is 4. The zero-order valence-electron chi connectivity index (χ0n) is 16.4. The quantitative estimate of drug-likeness (QED) is 0.206. The van der Waals surface area contributed by atoms with E-state index in [4.69, 9.17) is 39.5 Å². The fourth-order valence-electron chi connectivity index (χ4n) is 3.15. The number of nitrogens with zero attached hydrogens (tertiary/aromatic N) is 2. The van der Waals surface area contributed by atoms with Crippen LogP contribution < -0.4 is 4.74 Å². The number of carbonyl (C=O) groups is 1. The minimum Gasteiger partial charge on any atom is -0.468 e. The fourth-order valence-corrected chi connectivity index (χ4v) is 4.03. The molecule has 0 unspecified atom stereocenters. The molecule has 4 aromatic rings. The second-order valence-electron chi connectivity index (χ2n) is 6.81. The molecule has 0 atom stereocenters. The Hall–Kier alpha value is -2.18. The Kier molecular flexibility index (Phi) is 6.77. The molecule has 0 N–H and O–H groups in total. The SMILES string of the molecule is CSc1ccc2c(c1)c(OCC(=O)c1ccc(Cl)cc1)nn2Cc1ccc(Cl)c(Cl)c1. The van der Waals surface area contributed by atoms with E-state index in [0.717, 1.165) is 21.4 Å². The third-order valence-electron chi connectivity index (χ3n) is 4.75. The standard InChI is InChI=1S/C23H17Cl3N2O2S/c1-31-17-7-9-21-18(11-17)23(30-13-22(29)15-3-5-16(24)6-4-15)27-28(21)12-14-2-8-19(25)20(26)10-14/h2-11H,12-13H2,1H3.